The highest BCUT2D eigenvalue weighted by atomic mass is 16.5. The van der Waals surface area contributed by atoms with E-state index in [1.165, 1.54) is 0 Å². The molecule has 1 aliphatic heterocycles. The minimum absolute atomic E-state index is 0.0210. The van der Waals surface area contributed by atoms with E-state index in [0.717, 1.165) is 17.2 Å². The highest BCUT2D eigenvalue weighted by Gasteiger charge is 2.27. The number of benzene rings is 2. The molecule has 1 fully saturated rings. The van der Waals surface area contributed by atoms with E-state index in [2.05, 4.69) is 5.32 Å². The van der Waals surface area contributed by atoms with Crippen molar-refractivity contribution in [2.24, 2.45) is 11.8 Å². The molecule has 0 saturated carbocycles. The normalized spacial score (nSPS) is 14.8. The summed E-state index contributed by atoms with van der Waals surface area (Å²) in [6.07, 6.45) is 2.00. The Morgan fingerprint density at radius 3 is 2.21 bits per heavy atom. The van der Waals surface area contributed by atoms with Crippen LogP contribution in [0.2, 0.25) is 0 Å². The average molecular weight is 380 g/mol. The molecule has 2 aromatic carbocycles. The van der Waals surface area contributed by atoms with E-state index >= 15 is 0 Å². The monoisotopic (exact) mass is 380 g/mol. The van der Waals surface area contributed by atoms with Crippen LogP contribution in [0.5, 0.6) is 11.5 Å². The first kappa shape index (κ1) is 19.9. The Morgan fingerprint density at radius 2 is 1.61 bits per heavy atom. The molecule has 28 heavy (non-hydrogen) atoms. The van der Waals surface area contributed by atoms with E-state index in [1.807, 2.05) is 73.3 Å². The Morgan fingerprint density at radius 1 is 1.00 bits per heavy atom. The van der Waals surface area contributed by atoms with Crippen LogP contribution in [0.1, 0.15) is 33.1 Å². The summed E-state index contributed by atoms with van der Waals surface area (Å²) < 4.78 is 5.77. The van der Waals surface area contributed by atoms with E-state index < -0.39 is 0 Å². The number of likely N-dealkylation sites (tertiary alicyclic amines) is 1. The fourth-order valence-corrected chi connectivity index (χ4v) is 3.34. The second kappa shape index (κ2) is 9.40. The maximum Gasteiger partial charge on any atom is 0.227 e. The summed E-state index contributed by atoms with van der Waals surface area (Å²) >= 11 is 0. The van der Waals surface area contributed by atoms with Gasteiger partial charge in [-0.05, 0) is 55.2 Å². The van der Waals surface area contributed by atoms with Crippen molar-refractivity contribution in [3.05, 3.63) is 54.6 Å². The molecule has 0 radical (unpaired) electrons. The highest BCUT2D eigenvalue weighted by Crippen LogP contribution is 2.24. The summed E-state index contributed by atoms with van der Waals surface area (Å²) in [7, 11) is 0. The minimum atomic E-state index is -0.0525. The summed E-state index contributed by atoms with van der Waals surface area (Å²) in [5.74, 6) is 2.03. The zero-order valence-corrected chi connectivity index (χ0v) is 16.6. The van der Waals surface area contributed by atoms with Crippen molar-refractivity contribution in [1.29, 1.82) is 0 Å². The van der Waals surface area contributed by atoms with Crippen molar-refractivity contribution < 1.29 is 14.3 Å². The van der Waals surface area contributed by atoms with Crippen molar-refractivity contribution in [2.75, 3.05) is 18.4 Å². The fraction of sp³-hybridized carbons (Fsp3) is 0.391. The van der Waals surface area contributed by atoms with Crippen molar-refractivity contribution >= 4 is 17.5 Å². The van der Waals surface area contributed by atoms with E-state index in [1.54, 1.807) is 0 Å². The van der Waals surface area contributed by atoms with Crippen LogP contribution < -0.4 is 10.1 Å². The molecule has 5 heteroatoms. The minimum Gasteiger partial charge on any atom is -0.457 e. The zero-order valence-electron chi connectivity index (χ0n) is 16.6. The number of hydrogen-bond donors (Lipinski definition) is 1. The number of carbonyl (C=O) groups is 2. The Labute approximate surface area is 166 Å². The molecule has 1 aliphatic rings. The molecular formula is C23H28N2O3. The van der Waals surface area contributed by atoms with Gasteiger partial charge in [0.2, 0.25) is 11.8 Å². The summed E-state index contributed by atoms with van der Waals surface area (Å²) in [6.45, 7) is 5.42. The largest absolute Gasteiger partial charge is 0.457 e. The van der Waals surface area contributed by atoms with Crippen LogP contribution in [0.3, 0.4) is 0 Å². The Bertz CT molecular complexity index is 779. The van der Waals surface area contributed by atoms with Gasteiger partial charge in [0.05, 0.1) is 0 Å². The Hall–Kier alpha value is -2.82. The van der Waals surface area contributed by atoms with Gasteiger partial charge in [-0.2, -0.15) is 0 Å². The zero-order chi connectivity index (χ0) is 19.9. The van der Waals surface area contributed by atoms with E-state index in [0.29, 0.717) is 38.3 Å². The summed E-state index contributed by atoms with van der Waals surface area (Å²) in [6, 6.07) is 17.0. The molecule has 1 heterocycles. The molecule has 0 spiro atoms. The maximum absolute atomic E-state index is 12.6. The number of amides is 2. The first-order valence-corrected chi connectivity index (χ1v) is 9.93. The Balaban J connectivity index is 1.48. The molecule has 1 saturated heterocycles. The number of carbonyl (C=O) groups excluding carboxylic acids is 2. The predicted octanol–water partition coefficient (Wildman–Crippen LogP) is 4.70. The smallest absolute Gasteiger partial charge is 0.227 e. The number of hydrogen-bond acceptors (Lipinski definition) is 3. The van der Waals surface area contributed by atoms with Gasteiger partial charge in [0.1, 0.15) is 11.5 Å². The molecule has 0 aromatic heterocycles. The van der Waals surface area contributed by atoms with Crippen LogP contribution in [-0.4, -0.2) is 29.8 Å². The molecule has 0 atom stereocenters. The number of nitrogens with one attached hydrogen (secondary N) is 1. The number of piperidine rings is 1. The number of nitrogens with zero attached hydrogens (tertiary/aromatic N) is 1. The van der Waals surface area contributed by atoms with Crippen LogP contribution in [-0.2, 0) is 9.59 Å². The van der Waals surface area contributed by atoms with Gasteiger partial charge in [0, 0.05) is 31.1 Å². The van der Waals surface area contributed by atoms with Crippen LogP contribution in [0.25, 0.3) is 0 Å². The quantitative estimate of drug-likeness (QED) is 0.790. The van der Waals surface area contributed by atoms with Gasteiger partial charge in [-0.1, -0.05) is 32.0 Å². The van der Waals surface area contributed by atoms with Crippen molar-refractivity contribution in [1.82, 2.24) is 4.90 Å². The molecule has 2 amide bonds. The third-order valence-corrected chi connectivity index (χ3v) is 4.90. The standard InChI is InChI=1S/C23H28N2O3/c1-17(2)16-22(26)25-14-12-18(13-15-25)23(27)24-19-8-10-21(11-9-19)28-20-6-4-3-5-7-20/h3-11,17-18H,12-16H2,1-2H3,(H,24,27). The van der Waals surface area contributed by atoms with Crippen LogP contribution in [0.4, 0.5) is 5.69 Å². The number of rotatable bonds is 6. The van der Waals surface area contributed by atoms with Crippen LogP contribution in [0.15, 0.2) is 54.6 Å². The maximum atomic E-state index is 12.6. The van der Waals surface area contributed by atoms with Crippen molar-refractivity contribution in [3.63, 3.8) is 0 Å². The van der Waals surface area contributed by atoms with Crippen molar-refractivity contribution in [3.8, 4) is 11.5 Å². The van der Waals surface area contributed by atoms with E-state index in [-0.39, 0.29) is 17.7 Å². The molecule has 2 aromatic rings. The first-order chi connectivity index (χ1) is 13.5. The third-order valence-electron chi connectivity index (χ3n) is 4.90. The second-order valence-electron chi connectivity index (χ2n) is 7.68. The molecule has 148 valence electrons. The second-order valence-corrected chi connectivity index (χ2v) is 7.68. The molecular weight excluding hydrogens is 352 g/mol. The lowest BCUT2D eigenvalue weighted by atomic mass is 9.95. The van der Waals surface area contributed by atoms with Crippen LogP contribution in [0, 0.1) is 11.8 Å². The van der Waals surface area contributed by atoms with E-state index in [9.17, 15) is 9.59 Å². The number of para-hydroxylation sites is 1. The van der Waals surface area contributed by atoms with Gasteiger partial charge in [0.15, 0.2) is 0 Å². The van der Waals surface area contributed by atoms with Gasteiger partial charge in [0.25, 0.3) is 0 Å². The van der Waals surface area contributed by atoms with Gasteiger partial charge < -0.3 is 15.0 Å². The number of anilines is 1. The average Bonchev–Trinajstić information content (AvgIpc) is 2.70. The third kappa shape index (κ3) is 5.59. The summed E-state index contributed by atoms with van der Waals surface area (Å²) in [5.41, 5.74) is 0.753. The Kier molecular flexibility index (Phi) is 6.69. The number of ether oxygens (including phenoxy) is 1. The van der Waals surface area contributed by atoms with E-state index in [4.69, 9.17) is 4.74 Å². The SMILES string of the molecule is CC(C)CC(=O)N1CCC(C(=O)Nc2ccc(Oc3ccccc3)cc2)CC1. The molecule has 3 rings (SSSR count). The molecule has 0 aliphatic carbocycles. The molecule has 5 nitrogen and oxygen atoms in total. The van der Waals surface area contributed by atoms with Gasteiger partial charge in [-0.3, -0.25) is 9.59 Å². The summed E-state index contributed by atoms with van der Waals surface area (Å²) in [5, 5.41) is 2.98. The van der Waals surface area contributed by atoms with Gasteiger partial charge in [-0.15, -0.1) is 0 Å². The highest BCUT2D eigenvalue weighted by molar-refractivity contribution is 5.92. The van der Waals surface area contributed by atoms with Crippen LogP contribution >= 0.6 is 0 Å². The fourth-order valence-electron chi connectivity index (χ4n) is 3.34. The lowest BCUT2D eigenvalue weighted by molar-refractivity contribution is -0.135. The molecule has 0 bridgehead atoms. The first-order valence-electron chi connectivity index (χ1n) is 9.93. The predicted molar refractivity (Wildman–Crippen MR) is 110 cm³/mol. The van der Waals surface area contributed by atoms with Crippen molar-refractivity contribution in [2.45, 2.75) is 33.1 Å². The molecule has 1 N–H and O–H groups in total. The topological polar surface area (TPSA) is 58.6 Å². The summed E-state index contributed by atoms with van der Waals surface area (Å²) in [4.78, 5) is 26.6. The molecule has 0 unspecified atom stereocenters. The lowest BCUT2D eigenvalue weighted by Gasteiger charge is -2.31. The lowest BCUT2D eigenvalue weighted by Crippen LogP contribution is -2.41. The van der Waals surface area contributed by atoms with Gasteiger partial charge in [-0.25, -0.2) is 0 Å². The van der Waals surface area contributed by atoms with Gasteiger partial charge >= 0.3 is 0 Å².